The van der Waals surface area contributed by atoms with Crippen LogP contribution in [-0.4, -0.2) is 25.7 Å². The number of nitrogens with zero attached hydrogens (tertiary/aromatic N) is 1. The van der Waals surface area contributed by atoms with E-state index in [0.717, 1.165) is 30.6 Å². The second kappa shape index (κ2) is 6.00. The van der Waals surface area contributed by atoms with Gasteiger partial charge in [-0.05, 0) is 25.0 Å². The summed E-state index contributed by atoms with van der Waals surface area (Å²) in [6, 6.07) is 3.93. The molecule has 1 aliphatic rings. The zero-order valence-electron chi connectivity index (χ0n) is 12.8. The molecule has 2 rings (SSSR count). The third-order valence-electron chi connectivity index (χ3n) is 4.15. The van der Waals surface area contributed by atoms with Crippen LogP contribution in [0.15, 0.2) is 12.1 Å². The fraction of sp³-hybridized carbons (Fsp3) is 0.625. The fourth-order valence-electron chi connectivity index (χ4n) is 3.23. The second-order valence-electron chi connectivity index (χ2n) is 5.82. The van der Waals surface area contributed by atoms with Gasteiger partial charge in [-0.25, -0.2) is 4.39 Å². The molecule has 3 atom stereocenters. The summed E-state index contributed by atoms with van der Waals surface area (Å²) in [7, 11) is 1.50. The molecule has 20 heavy (non-hydrogen) atoms. The van der Waals surface area contributed by atoms with Crippen molar-refractivity contribution >= 4 is 5.69 Å². The molecule has 1 aromatic rings. The summed E-state index contributed by atoms with van der Waals surface area (Å²) in [6.07, 6.45) is 2.20. The predicted octanol–water partition coefficient (Wildman–Crippen LogP) is 3.27. The van der Waals surface area contributed by atoms with Crippen LogP contribution in [0.1, 0.15) is 45.1 Å². The highest BCUT2D eigenvalue weighted by Gasteiger charge is 2.36. The average Bonchev–Trinajstić information content (AvgIpc) is 2.63. The van der Waals surface area contributed by atoms with Gasteiger partial charge in [0.25, 0.3) is 0 Å². The Morgan fingerprint density at radius 1 is 1.45 bits per heavy atom. The van der Waals surface area contributed by atoms with E-state index in [-0.39, 0.29) is 11.9 Å². The molecule has 3 nitrogen and oxygen atoms in total. The van der Waals surface area contributed by atoms with Crippen molar-refractivity contribution in [2.75, 3.05) is 18.6 Å². The van der Waals surface area contributed by atoms with Crippen LogP contribution in [0.4, 0.5) is 10.1 Å². The number of fused-ring (bicyclic) bond motifs is 1. The maximum Gasteiger partial charge on any atom is 0.165 e. The Labute approximate surface area is 120 Å². The van der Waals surface area contributed by atoms with E-state index in [1.165, 1.54) is 7.11 Å². The van der Waals surface area contributed by atoms with E-state index in [1.54, 1.807) is 6.07 Å². The van der Waals surface area contributed by atoms with Gasteiger partial charge in [0.15, 0.2) is 11.6 Å². The van der Waals surface area contributed by atoms with E-state index in [1.807, 2.05) is 13.0 Å². The second-order valence-corrected chi connectivity index (χ2v) is 5.82. The molecule has 4 heteroatoms. The van der Waals surface area contributed by atoms with Gasteiger partial charge in [-0.3, -0.25) is 0 Å². The summed E-state index contributed by atoms with van der Waals surface area (Å²) in [6.45, 7) is 7.15. The molecule has 0 aromatic heterocycles. The van der Waals surface area contributed by atoms with Gasteiger partial charge in [0.1, 0.15) is 0 Å². The van der Waals surface area contributed by atoms with E-state index in [4.69, 9.17) is 10.5 Å². The molecule has 0 fully saturated rings. The number of hydrogen-bond donors (Lipinski definition) is 1. The minimum atomic E-state index is -0.281. The van der Waals surface area contributed by atoms with Crippen LogP contribution in [0.3, 0.4) is 0 Å². The van der Waals surface area contributed by atoms with Gasteiger partial charge in [-0.1, -0.05) is 20.3 Å². The Balaban J connectivity index is 2.44. The van der Waals surface area contributed by atoms with Crippen LogP contribution in [0, 0.1) is 5.82 Å². The van der Waals surface area contributed by atoms with Crippen molar-refractivity contribution in [2.45, 2.75) is 51.6 Å². The lowest BCUT2D eigenvalue weighted by Crippen LogP contribution is -2.41. The van der Waals surface area contributed by atoms with E-state index in [0.29, 0.717) is 17.7 Å². The zero-order chi connectivity index (χ0) is 14.9. The molecule has 1 aliphatic heterocycles. The Morgan fingerprint density at radius 2 is 2.15 bits per heavy atom. The van der Waals surface area contributed by atoms with E-state index in [2.05, 4.69) is 18.7 Å². The van der Waals surface area contributed by atoms with Gasteiger partial charge >= 0.3 is 0 Å². The summed E-state index contributed by atoms with van der Waals surface area (Å²) >= 11 is 0. The normalized spacial score (nSPS) is 22.8. The van der Waals surface area contributed by atoms with Crippen LogP contribution in [0.2, 0.25) is 0 Å². The van der Waals surface area contributed by atoms with Crippen molar-refractivity contribution < 1.29 is 9.13 Å². The molecule has 2 N–H and O–H groups in total. The van der Waals surface area contributed by atoms with Gasteiger partial charge in [0, 0.05) is 36.3 Å². The van der Waals surface area contributed by atoms with Crippen molar-refractivity contribution in [3.8, 4) is 5.75 Å². The Morgan fingerprint density at radius 3 is 2.70 bits per heavy atom. The van der Waals surface area contributed by atoms with Crippen molar-refractivity contribution in [1.29, 1.82) is 0 Å². The van der Waals surface area contributed by atoms with Crippen LogP contribution in [-0.2, 0) is 0 Å². The van der Waals surface area contributed by atoms with E-state index >= 15 is 0 Å². The van der Waals surface area contributed by atoms with Crippen LogP contribution < -0.4 is 15.4 Å². The number of rotatable bonds is 5. The molecule has 1 aromatic carbocycles. The highest BCUT2D eigenvalue weighted by molar-refractivity contribution is 5.64. The maximum absolute atomic E-state index is 14.0. The molecule has 0 saturated heterocycles. The molecular formula is C16H25FN2O. The summed E-state index contributed by atoms with van der Waals surface area (Å²) in [4.78, 5) is 2.33. The molecule has 0 saturated carbocycles. The number of halogens is 1. The SMILES string of the molecule is CCC[C@@H]1[C@H](C)c2cc(F)c(OC)cc2N1C[C@H](C)N. The molecule has 1 heterocycles. The van der Waals surface area contributed by atoms with Crippen molar-refractivity contribution in [2.24, 2.45) is 5.73 Å². The van der Waals surface area contributed by atoms with E-state index in [9.17, 15) is 4.39 Å². The first-order chi connectivity index (χ1) is 9.49. The quantitative estimate of drug-likeness (QED) is 0.899. The zero-order valence-corrected chi connectivity index (χ0v) is 12.8. The molecule has 0 bridgehead atoms. The number of hydrogen-bond acceptors (Lipinski definition) is 3. The first-order valence-corrected chi connectivity index (χ1v) is 7.39. The maximum atomic E-state index is 14.0. The van der Waals surface area contributed by atoms with Gasteiger partial charge in [-0.15, -0.1) is 0 Å². The molecule has 0 amide bonds. The number of benzene rings is 1. The Bertz CT molecular complexity index is 476. The van der Waals surface area contributed by atoms with Gasteiger partial charge < -0.3 is 15.4 Å². The minimum absolute atomic E-state index is 0.0866. The first kappa shape index (κ1) is 15.1. The largest absolute Gasteiger partial charge is 0.494 e. The van der Waals surface area contributed by atoms with Crippen molar-refractivity contribution in [1.82, 2.24) is 0 Å². The van der Waals surface area contributed by atoms with Gasteiger partial charge in [0.2, 0.25) is 0 Å². The predicted molar refractivity (Wildman–Crippen MR) is 81.1 cm³/mol. The topological polar surface area (TPSA) is 38.5 Å². The molecule has 0 spiro atoms. The number of nitrogens with two attached hydrogens (primary N) is 1. The third-order valence-corrected chi connectivity index (χ3v) is 4.15. The Kier molecular flexibility index (Phi) is 4.53. The standard InChI is InChI=1S/C16H25FN2O/c1-5-6-14-11(3)12-7-13(17)16(20-4)8-15(12)19(14)9-10(2)18/h7-8,10-11,14H,5-6,9,18H2,1-4H3/t10-,11+,14+/m0/s1. The average molecular weight is 280 g/mol. The van der Waals surface area contributed by atoms with E-state index < -0.39 is 0 Å². The summed E-state index contributed by atoms with van der Waals surface area (Å²) in [5.41, 5.74) is 8.13. The van der Waals surface area contributed by atoms with Crippen LogP contribution >= 0.6 is 0 Å². The third kappa shape index (κ3) is 2.62. The smallest absolute Gasteiger partial charge is 0.165 e. The minimum Gasteiger partial charge on any atom is -0.494 e. The molecule has 0 unspecified atom stereocenters. The summed E-state index contributed by atoms with van der Waals surface area (Å²) in [5, 5.41) is 0. The van der Waals surface area contributed by atoms with Crippen LogP contribution in [0.25, 0.3) is 0 Å². The fourth-order valence-corrected chi connectivity index (χ4v) is 3.23. The lowest BCUT2D eigenvalue weighted by molar-refractivity contribution is 0.386. The van der Waals surface area contributed by atoms with Crippen molar-refractivity contribution in [3.05, 3.63) is 23.5 Å². The summed E-state index contributed by atoms with van der Waals surface area (Å²) in [5.74, 6) is 0.350. The Hall–Kier alpha value is -1.29. The summed E-state index contributed by atoms with van der Waals surface area (Å²) < 4.78 is 19.1. The van der Waals surface area contributed by atoms with Crippen molar-refractivity contribution in [3.63, 3.8) is 0 Å². The molecule has 112 valence electrons. The number of ether oxygens (including phenoxy) is 1. The highest BCUT2D eigenvalue weighted by atomic mass is 19.1. The first-order valence-electron chi connectivity index (χ1n) is 7.39. The lowest BCUT2D eigenvalue weighted by atomic mass is 9.94. The molecule has 0 aliphatic carbocycles. The lowest BCUT2D eigenvalue weighted by Gasteiger charge is -2.31. The van der Waals surface area contributed by atoms with Crippen LogP contribution in [0.5, 0.6) is 5.75 Å². The monoisotopic (exact) mass is 280 g/mol. The molecular weight excluding hydrogens is 255 g/mol. The number of methoxy groups -OCH3 is 1. The molecule has 0 radical (unpaired) electrons. The number of anilines is 1. The van der Waals surface area contributed by atoms with Gasteiger partial charge in [0.05, 0.1) is 7.11 Å². The van der Waals surface area contributed by atoms with Gasteiger partial charge in [-0.2, -0.15) is 0 Å². The highest BCUT2D eigenvalue weighted by Crippen LogP contribution is 2.44.